The predicted molar refractivity (Wildman–Crippen MR) is 104 cm³/mol. The molecule has 0 saturated carbocycles. The number of thiazole rings is 1. The topological polar surface area (TPSA) is 54.0 Å². The van der Waals surface area contributed by atoms with Crippen LogP contribution in [0.2, 0.25) is 0 Å². The van der Waals surface area contributed by atoms with E-state index >= 15 is 0 Å². The highest BCUT2D eigenvalue weighted by Gasteiger charge is 2.13. The second kappa shape index (κ2) is 7.23. The quantitative estimate of drug-likeness (QED) is 0.646. The fourth-order valence-corrected chi connectivity index (χ4v) is 3.81. The number of nitrogens with zero attached hydrogens (tertiary/aromatic N) is 1. The van der Waals surface area contributed by atoms with Gasteiger partial charge in [0.25, 0.3) is 0 Å². The number of thioether (sulfide) groups is 1. The normalized spacial score (nSPS) is 12.1. The van der Waals surface area contributed by atoms with Gasteiger partial charge in [0, 0.05) is 11.4 Å². The lowest BCUT2D eigenvalue weighted by Gasteiger charge is -2.15. The van der Waals surface area contributed by atoms with Crippen LogP contribution in [0.1, 0.15) is 12.5 Å². The summed E-state index contributed by atoms with van der Waals surface area (Å²) in [5.41, 5.74) is 3.89. The Morgan fingerprint density at radius 2 is 1.88 bits per heavy atom. The number of anilines is 2. The summed E-state index contributed by atoms with van der Waals surface area (Å²) in [5, 5.41) is 6.18. The number of fused-ring (bicyclic) bond motifs is 1. The van der Waals surface area contributed by atoms with Gasteiger partial charge in [-0.3, -0.25) is 4.79 Å². The third-order valence-corrected chi connectivity index (χ3v) is 5.64. The summed E-state index contributed by atoms with van der Waals surface area (Å²) in [5.74, 6) is -0.0620. The number of rotatable bonds is 5. The van der Waals surface area contributed by atoms with Crippen LogP contribution in [0, 0.1) is 6.92 Å². The molecular formula is C18H19N3OS2. The van der Waals surface area contributed by atoms with E-state index in [0.717, 1.165) is 25.9 Å². The number of nitrogens with one attached hydrogen (secondary N) is 2. The van der Waals surface area contributed by atoms with Crippen LogP contribution in [-0.4, -0.2) is 23.2 Å². The zero-order chi connectivity index (χ0) is 17.1. The van der Waals surface area contributed by atoms with Crippen molar-refractivity contribution in [1.82, 2.24) is 4.98 Å². The van der Waals surface area contributed by atoms with E-state index in [1.807, 2.05) is 62.6 Å². The molecular weight excluding hydrogens is 338 g/mol. The Kier molecular flexibility index (Phi) is 5.06. The molecule has 0 aliphatic rings. The number of carbonyl (C=O) groups excluding carboxylic acids is 1. The molecule has 0 saturated heterocycles. The molecule has 124 valence electrons. The smallest absolute Gasteiger partial charge is 0.246 e. The van der Waals surface area contributed by atoms with Gasteiger partial charge in [0.2, 0.25) is 5.91 Å². The summed E-state index contributed by atoms with van der Waals surface area (Å²) in [6, 6.07) is 13.4. The zero-order valence-corrected chi connectivity index (χ0v) is 15.4. The number of benzene rings is 2. The molecule has 1 amide bonds. The highest BCUT2D eigenvalue weighted by atomic mass is 32.2. The summed E-state index contributed by atoms with van der Waals surface area (Å²) in [6.07, 6.45) is 2.02. The van der Waals surface area contributed by atoms with Gasteiger partial charge in [-0.05, 0) is 50.4 Å². The van der Waals surface area contributed by atoms with Crippen molar-refractivity contribution in [3.63, 3.8) is 0 Å². The summed E-state index contributed by atoms with van der Waals surface area (Å²) >= 11 is 3.31. The third-order valence-electron chi connectivity index (χ3n) is 3.64. The van der Waals surface area contributed by atoms with Crippen LogP contribution in [0.15, 0.2) is 46.8 Å². The number of aromatic nitrogens is 1. The monoisotopic (exact) mass is 357 g/mol. The van der Waals surface area contributed by atoms with Crippen LogP contribution in [-0.2, 0) is 4.79 Å². The van der Waals surface area contributed by atoms with Gasteiger partial charge in [0.1, 0.15) is 6.04 Å². The van der Waals surface area contributed by atoms with Gasteiger partial charge in [-0.15, -0.1) is 11.3 Å². The van der Waals surface area contributed by atoms with E-state index in [9.17, 15) is 4.79 Å². The minimum absolute atomic E-state index is 0.0620. The first-order valence-corrected chi connectivity index (χ1v) is 9.68. The van der Waals surface area contributed by atoms with Gasteiger partial charge in [0.15, 0.2) is 4.34 Å². The molecule has 1 aromatic heterocycles. The van der Waals surface area contributed by atoms with Gasteiger partial charge in [-0.1, -0.05) is 29.5 Å². The lowest BCUT2D eigenvalue weighted by molar-refractivity contribution is -0.116. The largest absolute Gasteiger partial charge is 0.374 e. The number of aryl methyl sites for hydroxylation is 1. The summed E-state index contributed by atoms with van der Waals surface area (Å²) < 4.78 is 2.17. The molecule has 0 unspecified atom stereocenters. The van der Waals surface area contributed by atoms with Gasteiger partial charge in [-0.2, -0.15) is 0 Å². The Bertz CT molecular complexity index is 858. The summed E-state index contributed by atoms with van der Waals surface area (Å²) in [6.45, 7) is 3.88. The van der Waals surface area contributed by atoms with Crippen LogP contribution < -0.4 is 10.6 Å². The molecule has 6 heteroatoms. The Morgan fingerprint density at radius 3 is 2.58 bits per heavy atom. The van der Waals surface area contributed by atoms with Crippen molar-refractivity contribution in [3.05, 3.63) is 48.0 Å². The Labute approximate surface area is 149 Å². The maximum atomic E-state index is 12.3. The molecule has 0 bridgehead atoms. The Balaban J connectivity index is 1.68. The first-order chi connectivity index (χ1) is 11.5. The minimum atomic E-state index is -0.336. The van der Waals surface area contributed by atoms with Crippen LogP contribution in [0.5, 0.6) is 0 Å². The van der Waals surface area contributed by atoms with Gasteiger partial charge >= 0.3 is 0 Å². The van der Waals surface area contributed by atoms with Crippen molar-refractivity contribution in [2.45, 2.75) is 24.2 Å². The maximum Gasteiger partial charge on any atom is 0.246 e. The van der Waals surface area contributed by atoms with Crippen molar-refractivity contribution >= 4 is 50.6 Å². The fourth-order valence-electron chi connectivity index (χ4n) is 2.28. The van der Waals surface area contributed by atoms with E-state index in [0.29, 0.717) is 0 Å². The van der Waals surface area contributed by atoms with Crippen molar-refractivity contribution in [2.24, 2.45) is 0 Å². The van der Waals surface area contributed by atoms with E-state index in [-0.39, 0.29) is 11.9 Å². The van der Waals surface area contributed by atoms with E-state index in [1.54, 1.807) is 23.1 Å². The summed E-state index contributed by atoms with van der Waals surface area (Å²) in [7, 11) is 0. The number of hydrogen-bond donors (Lipinski definition) is 2. The van der Waals surface area contributed by atoms with Crippen molar-refractivity contribution in [3.8, 4) is 0 Å². The molecule has 0 spiro atoms. The van der Waals surface area contributed by atoms with E-state index in [2.05, 4.69) is 15.6 Å². The molecule has 24 heavy (non-hydrogen) atoms. The molecule has 2 aromatic carbocycles. The first kappa shape index (κ1) is 16.8. The first-order valence-electron chi connectivity index (χ1n) is 7.64. The molecule has 4 nitrogen and oxygen atoms in total. The number of amides is 1. The van der Waals surface area contributed by atoms with Crippen LogP contribution in [0.25, 0.3) is 10.2 Å². The number of carbonyl (C=O) groups is 1. The highest BCUT2D eigenvalue weighted by Crippen LogP contribution is 2.30. The average Bonchev–Trinajstić information content (AvgIpc) is 2.99. The lowest BCUT2D eigenvalue weighted by Crippen LogP contribution is -2.31. The second-order valence-corrected chi connectivity index (χ2v) is 7.67. The van der Waals surface area contributed by atoms with E-state index in [1.165, 1.54) is 5.56 Å². The molecule has 0 aliphatic carbocycles. The SMILES string of the molecule is CSc1nc2ccc(N[C@H](C)C(=O)Nc3ccc(C)cc3)cc2s1. The fraction of sp³-hybridized carbons (Fsp3) is 0.222. The van der Waals surface area contributed by atoms with Gasteiger partial charge in [0.05, 0.1) is 10.2 Å². The minimum Gasteiger partial charge on any atom is -0.374 e. The molecule has 0 fully saturated rings. The van der Waals surface area contributed by atoms with Crippen molar-refractivity contribution in [1.29, 1.82) is 0 Å². The second-order valence-electron chi connectivity index (χ2n) is 5.59. The average molecular weight is 358 g/mol. The van der Waals surface area contributed by atoms with Crippen LogP contribution >= 0.6 is 23.1 Å². The molecule has 3 rings (SSSR count). The molecule has 1 heterocycles. The Hall–Kier alpha value is -2.05. The predicted octanol–water partition coefficient (Wildman–Crippen LogP) is 4.77. The van der Waals surface area contributed by atoms with Crippen LogP contribution in [0.4, 0.5) is 11.4 Å². The number of hydrogen-bond acceptors (Lipinski definition) is 5. The third kappa shape index (κ3) is 3.88. The molecule has 1 atom stereocenters. The Morgan fingerprint density at radius 1 is 1.17 bits per heavy atom. The van der Waals surface area contributed by atoms with Crippen LogP contribution in [0.3, 0.4) is 0 Å². The van der Waals surface area contributed by atoms with Gasteiger partial charge in [-0.25, -0.2) is 4.98 Å². The molecule has 3 aromatic rings. The van der Waals surface area contributed by atoms with Gasteiger partial charge < -0.3 is 10.6 Å². The molecule has 2 N–H and O–H groups in total. The van der Waals surface area contributed by atoms with Crippen molar-refractivity contribution < 1.29 is 4.79 Å². The van der Waals surface area contributed by atoms with Crippen molar-refractivity contribution in [2.75, 3.05) is 16.9 Å². The maximum absolute atomic E-state index is 12.3. The standard InChI is InChI=1S/C18H19N3OS2/c1-11-4-6-13(7-5-11)20-17(22)12(2)19-14-8-9-15-16(10-14)24-18(21-15)23-3/h4-10,12,19H,1-3H3,(H,20,22)/t12-/m1/s1. The molecule has 0 radical (unpaired) electrons. The summed E-state index contributed by atoms with van der Waals surface area (Å²) in [4.78, 5) is 16.9. The lowest BCUT2D eigenvalue weighted by atomic mass is 10.2. The van der Waals surface area contributed by atoms with E-state index < -0.39 is 0 Å². The highest BCUT2D eigenvalue weighted by molar-refractivity contribution is 8.00. The van der Waals surface area contributed by atoms with E-state index in [4.69, 9.17) is 0 Å². The zero-order valence-electron chi connectivity index (χ0n) is 13.8. The molecule has 0 aliphatic heterocycles.